The van der Waals surface area contributed by atoms with Crippen LogP contribution in [0.15, 0.2) is 59.4 Å². The molecular weight excluding hydrogens is 376 g/mol. The first-order valence-electron chi connectivity index (χ1n) is 8.73. The van der Waals surface area contributed by atoms with Crippen LogP contribution in [0.5, 0.6) is 5.75 Å². The first kappa shape index (κ1) is 19.7. The summed E-state index contributed by atoms with van der Waals surface area (Å²) in [5, 5.41) is 13.4. The number of carbonyl (C=O) groups is 1. The van der Waals surface area contributed by atoms with Crippen molar-refractivity contribution >= 4 is 11.6 Å². The van der Waals surface area contributed by atoms with E-state index in [1.165, 1.54) is 18.2 Å². The Hall–Kier alpha value is -4.01. The third-order valence-corrected chi connectivity index (χ3v) is 4.22. The largest absolute Gasteiger partial charge is 0.497 e. The molecule has 1 heterocycles. The average molecular weight is 394 g/mol. The summed E-state index contributed by atoms with van der Waals surface area (Å²) >= 11 is 0. The molecule has 29 heavy (non-hydrogen) atoms. The second kappa shape index (κ2) is 8.79. The molecular formula is C20H18N4O5. The van der Waals surface area contributed by atoms with Gasteiger partial charge >= 0.3 is 5.69 Å². The molecule has 0 atom stereocenters. The van der Waals surface area contributed by atoms with E-state index in [0.717, 1.165) is 5.56 Å². The molecule has 3 rings (SSSR count). The molecule has 2 aromatic carbocycles. The fourth-order valence-electron chi connectivity index (χ4n) is 2.69. The van der Waals surface area contributed by atoms with Gasteiger partial charge in [-0.2, -0.15) is 4.98 Å². The number of non-ortho nitro benzene ring substituents is 1. The van der Waals surface area contributed by atoms with E-state index in [9.17, 15) is 19.7 Å². The Bertz CT molecular complexity index is 1080. The lowest BCUT2D eigenvalue weighted by atomic mass is 10.1. The predicted octanol–water partition coefficient (Wildman–Crippen LogP) is 2.33. The zero-order valence-corrected chi connectivity index (χ0v) is 15.5. The molecule has 0 aliphatic rings. The van der Waals surface area contributed by atoms with E-state index in [1.807, 2.05) is 0 Å². The third-order valence-electron chi connectivity index (χ3n) is 4.22. The summed E-state index contributed by atoms with van der Waals surface area (Å²) in [6.07, 6.45) is 0.490. The summed E-state index contributed by atoms with van der Waals surface area (Å²) in [5.41, 5.74) is 1.38. The van der Waals surface area contributed by atoms with Crippen molar-refractivity contribution in [1.82, 2.24) is 15.3 Å². The van der Waals surface area contributed by atoms with E-state index in [4.69, 9.17) is 4.74 Å². The summed E-state index contributed by atoms with van der Waals surface area (Å²) in [6, 6.07) is 14.6. The highest BCUT2D eigenvalue weighted by Crippen LogP contribution is 2.20. The highest BCUT2D eigenvalue weighted by molar-refractivity contribution is 5.93. The molecule has 9 nitrogen and oxygen atoms in total. The predicted molar refractivity (Wildman–Crippen MR) is 106 cm³/mol. The van der Waals surface area contributed by atoms with Gasteiger partial charge in [-0.25, -0.2) is 4.79 Å². The van der Waals surface area contributed by atoms with E-state index < -0.39 is 16.5 Å². The van der Waals surface area contributed by atoms with Crippen LogP contribution in [0.25, 0.3) is 11.3 Å². The van der Waals surface area contributed by atoms with Crippen molar-refractivity contribution in [2.45, 2.75) is 6.42 Å². The van der Waals surface area contributed by atoms with Gasteiger partial charge in [-0.15, -0.1) is 0 Å². The highest BCUT2D eigenvalue weighted by Gasteiger charge is 2.11. The number of H-pyrrole nitrogens is 1. The lowest BCUT2D eigenvalue weighted by Crippen LogP contribution is -2.29. The smallest absolute Gasteiger partial charge is 0.346 e. The quantitative estimate of drug-likeness (QED) is 0.468. The molecule has 1 aromatic heterocycles. The maximum atomic E-state index is 12.4. The van der Waals surface area contributed by atoms with Crippen LogP contribution in [0.3, 0.4) is 0 Å². The monoisotopic (exact) mass is 394 g/mol. The molecule has 9 heteroatoms. The van der Waals surface area contributed by atoms with Gasteiger partial charge in [0.15, 0.2) is 0 Å². The van der Waals surface area contributed by atoms with Crippen molar-refractivity contribution in [3.05, 3.63) is 86.5 Å². The van der Waals surface area contributed by atoms with Gasteiger partial charge in [0.05, 0.1) is 17.7 Å². The number of nitrogens with zero attached hydrogens (tertiary/aromatic N) is 2. The lowest BCUT2D eigenvalue weighted by Gasteiger charge is -2.07. The van der Waals surface area contributed by atoms with Crippen molar-refractivity contribution in [3.63, 3.8) is 0 Å². The number of nitro groups is 1. The molecule has 0 saturated carbocycles. The summed E-state index contributed by atoms with van der Waals surface area (Å²) < 4.78 is 5.10. The van der Waals surface area contributed by atoms with Gasteiger partial charge in [0.25, 0.3) is 11.6 Å². The molecule has 0 spiro atoms. The topological polar surface area (TPSA) is 127 Å². The number of nitro benzene ring substituents is 1. The van der Waals surface area contributed by atoms with Gasteiger partial charge in [-0.1, -0.05) is 12.1 Å². The number of hydrogen-bond donors (Lipinski definition) is 2. The summed E-state index contributed by atoms with van der Waals surface area (Å²) in [6.45, 7) is 0.304. The molecule has 0 radical (unpaired) electrons. The van der Waals surface area contributed by atoms with Crippen molar-refractivity contribution in [3.8, 4) is 17.0 Å². The Kier molecular flexibility index (Phi) is 5.98. The van der Waals surface area contributed by atoms with Crippen molar-refractivity contribution < 1.29 is 14.5 Å². The van der Waals surface area contributed by atoms with Gasteiger partial charge < -0.3 is 15.0 Å². The van der Waals surface area contributed by atoms with Crippen LogP contribution in [-0.2, 0) is 6.42 Å². The molecule has 0 unspecified atom stereocenters. The zero-order valence-electron chi connectivity index (χ0n) is 15.5. The number of amides is 1. The number of hydrogen-bond acceptors (Lipinski definition) is 6. The minimum absolute atomic E-state index is 0.0122. The average Bonchev–Trinajstić information content (AvgIpc) is 2.73. The molecule has 0 saturated heterocycles. The molecule has 1 amide bonds. The summed E-state index contributed by atoms with van der Waals surface area (Å²) in [4.78, 5) is 40.8. The fourth-order valence-corrected chi connectivity index (χ4v) is 2.69. The standard InChI is InChI=1S/C20H18N4O5/c1-29-16-8-4-14(5-9-16)17-12-18(23-20(26)22-17)19(25)21-11-10-13-2-6-15(7-3-13)24(27)28/h2-9,12H,10-11H2,1H3,(H,21,25)(H,22,23,26). The van der Waals surface area contributed by atoms with Crippen molar-refractivity contribution in [2.24, 2.45) is 0 Å². The van der Waals surface area contributed by atoms with Crippen molar-refractivity contribution in [1.29, 1.82) is 0 Å². The highest BCUT2D eigenvalue weighted by atomic mass is 16.6. The first-order chi connectivity index (χ1) is 14.0. The van der Waals surface area contributed by atoms with Crippen LogP contribution in [-0.4, -0.2) is 34.5 Å². The molecule has 0 fully saturated rings. The lowest BCUT2D eigenvalue weighted by molar-refractivity contribution is -0.384. The number of aromatic nitrogens is 2. The van der Waals surface area contributed by atoms with Gasteiger partial charge in [0, 0.05) is 24.2 Å². The molecule has 2 N–H and O–H groups in total. The Balaban J connectivity index is 1.66. The van der Waals surface area contributed by atoms with Gasteiger partial charge in [-0.05, 0) is 42.3 Å². The SMILES string of the molecule is COc1ccc(-c2cc(C(=O)NCCc3ccc([N+](=O)[O-])cc3)[nH]c(=O)n2)cc1. The van der Waals surface area contributed by atoms with E-state index in [2.05, 4.69) is 15.3 Å². The Labute approximate surface area is 165 Å². The molecule has 0 aliphatic heterocycles. The fraction of sp³-hybridized carbons (Fsp3) is 0.150. The van der Waals surface area contributed by atoms with Crippen LogP contribution < -0.4 is 15.7 Å². The molecule has 0 aliphatic carbocycles. The Morgan fingerprint density at radius 1 is 1.17 bits per heavy atom. The summed E-state index contributed by atoms with van der Waals surface area (Å²) in [7, 11) is 1.56. The van der Waals surface area contributed by atoms with Gasteiger partial charge in [-0.3, -0.25) is 14.9 Å². The van der Waals surface area contributed by atoms with Crippen LogP contribution in [0.1, 0.15) is 16.1 Å². The molecule has 3 aromatic rings. The second-order valence-electron chi connectivity index (χ2n) is 6.14. The van der Waals surface area contributed by atoms with E-state index in [1.54, 1.807) is 43.5 Å². The second-order valence-corrected chi connectivity index (χ2v) is 6.14. The first-order valence-corrected chi connectivity index (χ1v) is 8.73. The van der Waals surface area contributed by atoms with Crippen LogP contribution in [0.4, 0.5) is 5.69 Å². The number of rotatable bonds is 7. The molecule has 0 bridgehead atoms. The number of nitrogens with one attached hydrogen (secondary N) is 2. The maximum absolute atomic E-state index is 12.4. The number of aromatic amines is 1. The molecule has 148 valence electrons. The number of carbonyl (C=O) groups excluding carboxylic acids is 1. The number of benzene rings is 2. The van der Waals surface area contributed by atoms with Crippen LogP contribution >= 0.6 is 0 Å². The van der Waals surface area contributed by atoms with Gasteiger partial charge in [0.1, 0.15) is 11.4 Å². The van der Waals surface area contributed by atoms with E-state index in [-0.39, 0.29) is 11.4 Å². The third kappa shape index (κ3) is 5.04. The minimum Gasteiger partial charge on any atom is -0.497 e. The zero-order chi connectivity index (χ0) is 20.8. The minimum atomic E-state index is -0.626. The maximum Gasteiger partial charge on any atom is 0.346 e. The number of methoxy groups -OCH3 is 1. The van der Waals surface area contributed by atoms with Crippen LogP contribution in [0.2, 0.25) is 0 Å². The van der Waals surface area contributed by atoms with Crippen LogP contribution in [0, 0.1) is 10.1 Å². The van der Waals surface area contributed by atoms with E-state index >= 15 is 0 Å². The normalized spacial score (nSPS) is 10.4. The van der Waals surface area contributed by atoms with Crippen molar-refractivity contribution in [2.75, 3.05) is 13.7 Å². The van der Waals surface area contributed by atoms with Gasteiger partial charge in [0.2, 0.25) is 0 Å². The summed E-state index contributed by atoms with van der Waals surface area (Å²) in [5.74, 6) is 0.226. The Morgan fingerprint density at radius 3 is 2.48 bits per heavy atom. The number of ether oxygens (including phenoxy) is 1. The Morgan fingerprint density at radius 2 is 1.86 bits per heavy atom. The van der Waals surface area contributed by atoms with E-state index in [0.29, 0.717) is 30.0 Å².